The maximum atomic E-state index is 12.8. The van der Waals surface area contributed by atoms with Gasteiger partial charge >= 0.3 is 5.97 Å². The summed E-state index contributed by atoms with van der Waals surface area (Å²) in [4.78, 5) is 27.2. The molecule has 0 aliphatic heterocycles. The van der Waals surface area contributed by atoms with Gasteiger partial charge in [-0.15, -0.1) is 11.3 Å². The molecule has 0 saturated heterocycles. The van der Waals surface area contributed by atoms with E-state index in [1.807, 2.05) is 38.4 Å². The van der Waals surface area contributed by atoms with Crippen molar-refractivity contribution < 1.29 is 14.3 Å². The number of ether oxygens (including phenoxy) is 1. The van der Waals surface area contributed by atoms with Crippen molar-refractivity contribution in [3.05, 3.63) is 74.2 Å². The van der Waals surface area contributed by atoms with Gasteiger partial charge in [-0.05, 0) is 61.1 Å². The molecule has 2 aromatic heterocycles. The van der Waals surface area contributed by atoms with Crippen LogP contribution >= 0.6 is 11.3 Å². The van der Waals surface area contributed by atoms with Gasteiger partial charge in [-0.3, -0.25) is 14.3 Å². The van der Waals surface area contributed by atoms with Crippen molar-refractivity contribution in [2.45, 2.75) is 64.7 Å². The third-order valence-electron chi connectivity index (χ3n) is 7.01. The fourth-order valence-corrected chi connectivity index (χ4v) is 6.46. The first kappa shape index (κ1) is 25.8. The molecule has 1 aliphatic rings. The van der Waals surface area contributed by atoms with Gasteiger partial charge in [-0.25, -0.2) is 0 Å². The Morgan fingerprint density at radius 1 is 1.31 bits per heavy atom. The minimum atomic E-state index is -0.188. The second kappa shape index (κ2) is 11.7. The van der Waals surface area contributed by atoms with Crippen LogP contribution in [0.3, 0.4) is 0 Å². The van der Waals surface area contributed by atoms with Gasteiger partial charge in [0.15, 0.2) is 0 Å². The Morgan fingerprint density at radius 2 is 2.08 bits per heavy atom. The van der Waals surface area contributed by atoms with Crippen LogP contribution in [0, 0.1) is 24.2 Å². The number of aromatic nitrogens is 2. The van der Waals surface area contributed by atoms with Crippen molar-refractivity contribution in [2.75, 3.05) is 6.61 Å². The van der Waals surface area contributed by atoms with Crippen molar-refractivity contribution >= 4 is 23.1 Å². The van der Waals surface area contributed by atoms with E-state index in [1.54, 1.807) is 16.0 Å². The molecule has 7 heteroatoms. The van der Waals surface area contributed by atoms with Crippen molar-refractivity contribution in [1.82, 2.24) is 9.78 Å². The molecular weight excluding hydrogens is 470 g/mol. The summed E-state index contributed by atoms with van der Waals surface area (Å²) in [5, 5.41) is 14.1. The first-order chi connectivity index (χ1) is 17.3. The Labute approximate surface area is 216 Å². The molecule has 0 fully saturated rings. The van der Waals surface area contributed by atoms with Crippen molar-refractivity contribution in [2.24, 2.45) is 13.0 Å². The summed E-state index contributed by atoms with van der Waals surface area (Å²) in [5.74, 6) is 0.371. The minimum Gasteiger partial charge on any atom is -0.465 e. The smallest absolute Gasteiger partial charge is 0.306 e. The SMILES string of the molecule is Cc1nn(C)cc1CCC(=O)OCC1CCc2c(sc(CC(=O)CC(C)c3ccccc3)c2C#N)C1. The highest BCUT2D eigenvalue weighted by atomic mass is 32.1. The van der Waals surface area contributed by atoms with E-state index < -0.39 is 0 Å². The van der Waals surface area contributed by atoms with Crippen LogP contribution in [0.4, 0.5) is 0 Å². The van der Waals surface area contributed by atoms with Gasteiger partial charge in [0, 0.05) is 42.3 Å². The summed E-state index contributed by atoms with van der Waals surface area (Å²) in [7, 11) is 1.88. The Hall–Kier alpha value is -3.24. The summed E-state index contributed by atoms with van der Waals surface area (Å²) < 4.78 is 7.36. The summed E-state index contributed by atoms with van der Waals surface area (Å²) >= 11 is 1.59. The predicted octanol–water partition coefficient (Wildman–Crippen LogP) is 5.25. The lowest BCUT2D eigenvalue weighted by Gasteiger charge is -2.22. The van der Waals surface area contributed by atoms with Crippen LogP contribution in [-0.2, 0) is 47.1 Å². The number of aryl methyl sites for hydroxylation is 3. The zero-order valence-corrected chi connectivity index (χ0v) is 22.1. The Morgan fingerprint density at radius 3 is 2.78 bits per heavy atom. The van der Waals surface area contributed by atoms with Crippen LogP contribution in [0.2, 0.25) is 0 Å². The number of carbonyl (C=O) groups is 2. The lowest BCUT2D eigenvalue weighted by molar-refractivity contribution is -0.145. The van der Waals surface area contributed by atoms with Crippen LogP contribution in [0.5, 0.6) is 0 Å². The third kappa shape index (κ3) is 6.30. The van der Waals surface area contributed by atoms with Gasteiger partial charge in [0.05, 0.1) is 17.9 Å². The number of Topliss-reactive ketones (excluding diaryl/α,β-unsaturated/α-hetero) is 1. The van der Waals surface area contributed by atoms with E-state index in [-0.39, 0.29) is 23.6 Å². The number of thiophene rings is 1. The van der Waals surface area contributed by atoms with Crippen LogP contribution in [-0.4, -0.2) is 28.1 Å². The predicted molar refractivity (Wildman–Crippen MR) is 140 cm³/mol. The number of fused-ring (bicyclic) bond motifs is 1. The number of ketones is 1. The maximum absolute atomic E-state index is 12.8. The minimum absolute atomic E-state index is 0.153. The molecule has 3 aromatic rings. The quantitative estimate of drug-likeness (QED) is 0.353. The van der Waals surface area contributed by atoms with Crippen molar-refractivity contribution in [3.8, 4) is 6.07 Å². The van der Waals surface area contributed by atoms with Gasteiger partial charge in [0.1, 0.15) is 11.9 Å². The zero-order valence-electron chi connectivity index (χ0n) is 21.3. The van der Waals surface area contributed by atoms with E-state index in [1.165, 1.54) is 4.88 Å². The largest absolute Gasteiger partial charge is 0.465 e. The second-order valence-electron chi connectivity index (χ2n) is 9.85. The molecular formula is C29H33N3O3S. The van der Waals surface area contributed by atoms with E-state index in [0.29, 0.717) is 37.9 Å². The molecule has 36 heavy (non-hydrogen) atoms. The first-order valence-corrected chi connectivity index (χ1v) is 13.4. The molecule has 4 rings (SSSR count). The normalized spacial score (nSPS) is 15.7. The molecule has 0 saturated carbocycles. The molecule has 2 atom stereocenters. The van der Waals surface area contributed by atoms with Gasteiger partial charge in [0.2, 0.25) is 0 Å². The summed E-state index contributed by atoms with van der Waals surface area (Å²) in [5.41, 5.74) is 4.96. The molecule has 0 N–H and O–H groups in total. The Bertz CT molecular complexity index is 1270. The van der Waals surface area contributed by atoms with E-state index in [2.05, 4.69) is 30.2 Å². The highest BCUT2D eigenvalue weighted by Gasteiger charge is 2.27. The summed E-state index contributed by atoms with van der Waals surface area (Å²) in [6.45, 7) is 4.41. The summed E-state index contributed by atoms with van der Waals surface area (Å²) in [6.07, 6.45) is 6.16. The third-order valence-corrected chi connectivity index (χ3v) is 8.26. The van der Waals surface area contributed by atoms with Crippen LogP contribution in [0.1, 0.15) is 69.8 Å². The zero-order chi connectivity index (χ0) is 25.7. The van der Waals surface area contributed by atoms with E-state index in [9.17, 15) is 14.9 Å². The molecule has 0 amide bonds. The molecule has 2 heterocycles. The van der Waals surface area contributed by atoms with Crippen molar-refractivity contribution in [3.63, 3.8) is 0 Å². The van der Waals surface area contributed by atoms with Crippen LogP contribution in [0.15, 0.2) is 36.5 Å². The number of esters is 1. The number of nitriles is 1. The average Bonchev–Trinajstić information content (AvgIpc) is 3.38. The number of rotatable bonds is 10. The lowest BCUT2D eigenvalue weighted by Crippen LogP contribution is -2.20. The topological polar surface area (TPSA) is 85.0 Å². The number of hydrogen-bond donors (Lipinski definition) is 0. The van der Waals surface area contributed by atoms with Crippen molar-refractivity contribution in [1.29, 1.82) is 5.26 Å². The van der Waals surface area contributed by atoms with E-state index >= 15 is 0 Å². The van der Waals surface area contributed by atoms with Gasteiger partial charge in [-0.1, -0.05) is 37.3 Å². The number of carbonyl (C=O) groups excluding carboxylic acids is 2. The molecule has 0 radical (unpaired) electrons. The van der Waals surface area contributed by atoms with Gasteiger partial charge < -0.3 is 4.74 Å². The van der Waals surface area contributed by atoms with Gasteiger partial charge in [0.25, 0.3) is 0 Å². The number of hydrogen-bond acceptors (Lipinski definition) is 6. The molecule has 0 spiro atoms. The fourth-order valence-electron chi connectivity index (χ4n) is 5.01. The number of nitrogens with zero attached hydrogens (tertiary/aromatic N) is 3. The standard InChI is InChI=1S/C29H33N3O3S/c1-19(22-7-5-4-6-8-22)13-24(33)15-28-26(16-30)25-11-9-21(14-27(25)36-28)18-35-29(34)12-10-23-17-32(3)31-20(23)2/h4-8,17,19,21H,9-15,18H2,1-3H3. The van der Waals surface area contributed by atoms with Crippen LogP contribution < -0.4 is 0 Å². The first-order valence-electron chi connectivity index (χ1n) is 12.6. The monoisotopic (exact) mass is 503 g/mol. The lowest BCUT2D eigenvalue weighted by atomic mass is 9.87. The molecule has 0 bridgehead atoms. The summed E-state index contributed by atoms with van der Waals surface area (Å²) in [6, 6.07) is 12.4. The van der Waals surface area contributed by atoms with E-state index in [4.69, 9.17) is 4.74 Å². The Kier molecular flexibility index (Phi) is 8.37. The molecule has 1 aromatic carbocycles. The molecule has 188 valence electrons. The highest BCUT2D eigenvalue weighted by Crippen LogP contribution is 2.37. The maximum Gasteiger partial charge on any atom is 0.306 e. The second-order valence-corrected chi connectivity index (χ2v) is 11.0. The molecule has 1 aliphatic carbocycles. The highest BCUT2D eigenvalue weighted by molar-refractivity contribution is 7.12. The van der Waals surface area contributed by atoms with Crippen LogP contribution in [0.25, 0.3) is 0 Å². The molecule has 2 unspecified atom stereocenters. The fraction of sp³-hybridized carbons (Fsp3) is 0.448. The molecule has 6 nitrogen and oxygen atoms in total. The van der Waals surface area contributed by atoms with E-state index in [0.717, 1.165) is 46.5 Å². The number of benzene rings is 1. The Balaban J connectivity index is 1.30. The average molecular weight is 504 g/mol. The van der Waals surface area contributed by atoms with Gasteiger partial charge in [-0.2, -0.15) is 10.4 Å².